The Balaban J connectivity index is 2.71. The Morgan fingerprint density at radius 1 is 1.75 bits per heavy atom. The first-order valence-electron chi connectivity index (χ1n) is 3.55. The van der Waals surface area contributed by atoms with Gasteiger partial charge in [-0.25, -0.2) is 0 Å². The minimum absolute atomic E-state index is 0.376. The topological polar surface area (TPSA) is 26.3 Å². The van der Waals surface area contributed by atoms with E-state index in [1.807, 2.05) is 23.6 Å². The highest BCUT2D eigenvalue weighted by Crippen LogP contribution is 2.12. The van der Waals surface area contributed by atoms with Crippen molar-refractivity contribution in [2.24, 2.45) is 0 Å². The summed E-state index contributed by atoms with van der Waals surface area (Å²) in [4.78, 5) is 11.6. The fourth-order valence-corrected chi connectivity index (χ4v) is 1.52. The zero-order chi connectivity index (χ0) is 8.81. The summed E-state index contributed by atoms with van der Waals surface area (Å²) >= 11 is 1.60. The molecule has 1 aromatic heterocycles. The van der Waals surface area contributed by atoms with Crippen LogP contribution >= 0.6 is 11.3 Å². The van der Waals surface area contributed by atoms with Crippen LogP contribution in [-0.2, 0) is 9.53 Å². The highest BCUT2D eigenvalue weighted by molar-refractivity contribution is 7.10. The van der Waals surface area contributed by atoms with Crippen LogP contribution in [0.3, 0.4) is 0 Å². The summed E-state index contributed by atoms with van der Waals surface area (Å²) < 4.78 is 4.85. The summed E-state index contributed by atoms with van der Waals surface area (Å²) in [5.74, 6) is 0. The second kappa shape index (κ2) is 4.85. The van der Waals surface area contributed by atoms with Crippen LogP contribution in [0.2, 0.25) is 0 Å². The average molecular weight is 182 g/mol. The van der Waals surface area contributed by atoms with E-state index in [2.05, 4.69) is 0 Å². The predicted octanol–water partition coefficient (Wildman–Crippen LogP) is 1.98. The maximum Gasteiger partial charge on any atom is 0.148 e. The Kier molecular flexibility index (Phi) is 3.70. The normalized spacial score (nSPS) is 11.6. The highest BCUT2D eigenvalue weighted by atomic mass is 32.1. The fraction of sp³-hybridized carbons (Fsp3) is 0.222. The van der Waals surface area contributed by atoms with Gasteiger partial charge in [-0.15, -0.1) is 11.3 Å². The number of carbonyl (C=O) groups excluding carboxylic acids is 1. The number of methoxy groups -OCH3 is 1. The Bertz CT molecular complexity index is 262. The quantitative estimate of drug-likeness (QED) is 0.525. The van der Waals surface area contributed by atoms with Gasteiger partial charge in [-0.1, -0.05) is 6.07 Å². The third-order valence-electron chi connectivity index (χ3n) is 1.33. The molecule has 0 saturated heterocycles. The zero-order valence-corrected chi connectivity index (χ0v) is 7.64. The van der Waals surface area contributed by atoms with E-state index < -0.39 is 0 Å². The van der Waals surface area contributed by atoms with Crippen molar-refractivity contribution in [3.63, 3.8) is 0 Å². The highest BCUT2D eigenvalue weighted by Gasteiger charge is 1.95. The van der Waals surface area contributed by atoms with Crippen molar-refractivity contribution in [3.05, 3.63) is 28.0 Å². The van der Waals surface area contributed by atoms with Crippen LogP contribution in [-0.4, -0.2) is 20.0 Å². The second-order valence-corrected chi connectivity index (χ2v) is 3.26. The molecule has 0 fully saturated rings. The molecule has 3 heteroatoms. The molecular formula is C9H10O2S. The van der Waals surface area contributed by atoms with E-state index >= 15 is 0 Å². The number of thiophene rings is 1. The standard InChI is InChI=1S/C9H10O2S/c1-11-7-8(6-10)5-9-3-2-4-12-9/h2-6H,7H2,1H3/b8-5-. The van der Waals surface area contributed by atoms with Crippen LogP contribution in [0.5, 0.6) is 0 Å². The van der Waals surface area contributed by atoms with Crippen LogP contribution in [0, 0.1) is 0 Å². The predicted molar refractivity (Wildman–Crippen MR) is 50.2 cm³/mol. The van der Waals surface area contributed by atoms with Crippen molar-refractivity contribution in [3.8, 4) is 0 Å². The molecule has 0 spiro atoms. The van der Waals surface area contributed by atoms with E-state index in [4.69, 9.17) is 4.74 Å². The van der Waals surface area contributed by atoms with Gasteiger partial charge in [-0.3, -0.25) is 4.79 Å². The lowest BCUT2D eigenvalue weighted by atomic mass is 10.2. The average Bonchev–Trinajstić information content (AvgIpc) is 2.56. The molecule has 0 radical (unpaired) electrons. The minimum Gasteiger partial charge on any atom is -0.380 e. The lowest BCUT2D eigenvalue weighted by molar-refractivity contribution is -0.105. The maximum atomic E-state index is 10.5. The van der Waals surface area contributed by atoms with E-state index in [-0.39, 0.29) is 0 Å². The van der Waals surface area contributed by atoms with Gasteiger partial charge in [0, 0.05) is 17.6 Å². The zero-order valence-electron chi connectivity index (χ0n) is 6.82. The Hall–Kier alpha value is -0.930. The SMILES string of the molecule is COC/C(C=O)=C\c1cccs1. The third kappa shape index (κ3) is 2.60. The summed E-state index contributed by atoms with van der Waals surface area (Å²) in [7, 11) is 1.58. The van der Waals surface area contributed by atoms with Crippen molar-refractivity contribution >= 4 is 23.7 Å². The molecular weight excluding hydrogens is 172 g/mol. The Morgan fingerprint density at radius 2 is 2.58 bits per heavy atom. The van der Waals surface area contributed by atoms with E-state index in [1.54, 1.807) is 18.4 Å². The number of hydrogen-bond donors (Lipinski definition) is 0. The number of rotatable bonds is 4. The van der Waals surface area contributed by atoms with Gasteiger partial charge in [0.15, 0.2) is 0 Å². The molecule has 1 rings (SSSR count). The van der Waals surface area contributed by atoms with Crippen LogP contribution in [0.15, 0.2) is 23.1 Å². The van der Waals surface area contributed by atoms with Crippen LogP contribution in [0.25, 0.3) is 6.08 Å². The fourth-order valence-electron chi connectivity index (χ4n) is 0.832. The molecule has 1 aromatic rings. The van der Waals surface area contributed by atoms with Gasteiger partial charge >= 0.3 is 0 Å². The molecule has 64 valence electrons. The summed E-state index contributed by atoms with van der Waals surface area (Å²) in [6, 6.07) is 3.91. The van der Waals surface area contributed by atoms with Crippen molar-refractivity contribution in [2.45, 2.75) is 0 Å². The van der Waals surface area contributed by atoms with E-state index in [0.717, 1.165) is 11.2 Å². The van der Waals surface area contributed by atoms with Gasteiger partial charge in [-0.05, 0) is 17.5 Å². The van der Waals surface area contributed by atoms with Crippen LogP contribution < -0.4 is 0 Å². The van der Waals surface area contributed by atoms with Gasteiger partial charge < -0.3 is 4.74 Å². The minimum atomic E-state index is 0.376. The van der Waals surface area contributed by atoms with Crippen LogP contribution in [0.1, 0.15) is 4.88 Å². The van der Waals surface area contributed by atoms with Gasteiger partial charge in [0.1, 0.15) is 6.29 Å². The molecule has 1 heterocycles. The maximum absolute atomic E-state index is 10.5. The van der Waals surface area contributed by atoms with Crippen LogP contribution in [0.4, 0.5) is 0 Å². The Morgan fingerprint density at radius 3 is 3.08 bits per heavy atom. The molecule has 0 unspecified atom stereocenters. The second-order valence-electron chi connectivity index (χ2n) is 2.29. The molecule has 0 aliphatic carbocycles. The van der Waals surface area contributed by atoms with Gasteiger partial charge in [0.05, 0.1) is 6.61 Å². The molecule has 0 saturated carbocycles. The summed E-state index contributed by atoms with van der Waals surface area (Å²) in [5, 5.41) is 1.97. The summed E-state index contributed by atoms with van der Waals surface area (Å²) in [6.45, 7) is 0.376. The first-order chi connectivity index (χ1) is 5.86. The van der Waals surface area contributed by atoms with Gasteiger partial charge in [-0.2, -0.15) is 0 Å². The number of aldehydes is 1. The molecule has 2 nitrogen and oxygen atoms in total. The first kappa shape index (κ1) is 9.16. The van der Waals surface area contributed by atoms with Crippen molar-refractivity contribution in [1.82, 2.24) is 0 Å². The largest absolute Gasteiger partial charge is 0.380 e. The van der Waals surface area contributed by atoms with Crippen molar-refractivity contribution in [1.29, 1.82) is 0 Å². The third-order valence-corrected chi connectivity index (χ3v) is 2.15. The molecule has 12 heavy (non-hydrogen) atoms. The molecule has 0 aromatic carbocycles. The number of carbonyl (C=O) groups is 1. The lowest BCUT2D eigenvalue weighted by Crippen LogP contribution is -1.94. The van der Waals surface area contributed by atoms with Gasteiger partial charge in [0.2, 0.25) is 0 Å². The van der Waals surface area contributed by atoms with E-state index in [0.29, 0.717) is 12.2 Å². The summed E-state index contributed by atoms with van der Waals surface area (Å²) in [6.07, 6.45) is 2.66. The summed E-state index contributed by atoms with van der Waals surface area (Å²) in [5.41, 5.74) is 0.667. The smallest absolute Gasteiger partial charge is 0.148 e. The molecule has 0 amide bonds. The Labute approximate surface area is 75.5 Å². The molecule has 0 aliphatic rings. The molecule has 0 atom stereocenters. The van der Waals surface area contributed by atoms with E-state index in [1.165, 1.54) is 0 Å². The monoisotopic (exact) mass is 182 g/mol. The number of ether oxygens (including phenoxy) is 1. The van der Waals surface area contributed by atoms with Crippen molar-refractivity contribution < 1.29 is 9.53 Å². The molecule has 0 aliphatic heterocycles. The molecule has 0 N–H and O–H groups in total. The van der Waals surface area contributed by atoms with Crippen molar-refractivity contribution in [2.75, 3.05) is 13.7 Å². The van der Waals surface area contributed by atoms with E-state index in [9.17, 15) is 4.79 Å². The lowest BCUT2D eigenvalue weighted by Gasteiger charge is -1.95. The number of hydrogen-bond acceptors (Lipinski definition) is 3. The van der Waals surface area contributed by atoms with Gasteiger partial charge in [0.25, 0.3) is 0 Å². The first-order valence-corrected chi connectivity index (χ1v) is 4.43. The molecule has 0 bridgehead atoms.